The van der Waals surface area contributed by atoms with E-state index in [9.17, 15) is 22.8 Å². The molecule has 2 rings (SSSR count). The number of nitrogens with one attached hydrogen (secondary N) is 1. The van der Waals surface area contributed by atoms with Crippen LogP contribution in [0.1, 0.15) is 21.5 Å². The molecule has 8 heteroatoms. The molecule has 0 atom stereocenters. The minimum absolute atomic E-state index is 0.0741. The molecule has 0 heterocycles. The van der Waals surface area contributed by atoms with Crippen LogP contribution < -0.4 is 10.1 Å². The number of benzene rings is 2. The number of amides is 1. The first kappa shape index (κ1) is 19.3. The topological polar surface area (TPSA) is 64.6 Å². The Labute approximate surface area is 147 Å². The van der Waals surface area contributed by atoms with Crippen molar-refractivity contribution in [1.82, 2.24) is 0 Å². The summed E-state index contributed by atoms with van der Waals surface area (Å²) in [6.07, 6.45) is -4.49. The van der Waals surface area contributed by atoms with Crippen LogP contribution in [-0.2, 0) is 15.7 Å². The normalized spacial score (nSPS) is 11.0. The largest absolute Gasteiger partial charge is 0.484 e. The number of carbonyl (C=O) groups is 2. The van der Waals surface area contributed by atoms with E-state index in [1.807, 2.05) is 0 Å². The van der Waals surface area contributed by atoms with Crippen molar-refractivity contribution in [2.45, 2.75) is 13.1 Å². The first-order valence-electron chi connectivity index (χ1n) is 7.49. The number of hydrogen-bond acceptors (Lipinski definition) is 4. The van der Waals surface area contributed by atoms with Crippen LogP contribution in [-0.4, -0.2) is 25.6 Å². The highest BCUT2D eigenvalue weighted by Crippen LogP contribution is 2.31. The van der Waals surface area contributed by atoms with E-state index in [-0.39, 0.29) is 11.3 Å². The monoisotopic (exact) mass is 367 g/mol. The number of methoxy groups -OCH3 is 1. The van der Waals surface area contributed by atoms with E-state index in [0.717, 1.165) is 12.1 Å². The summed E-state index contributed by atoms with van der Waals surface area (Å²) in [7, 11) is 1.24. The summed E-state index contributed by atoms with van der Waals surface area (Å²) < 4.78 is 47.7. The first-order valence-corrected chi connectivity index (χ1v) is 7.49. The number of anilines is 1. The van der Waals surface area contributed by atoms with Crippen LogP contribution in [0.3, 0.4) is 0 Å². The van der Waals surface area contributed by atoms with Gasteiger partial charge in [-0.1, -0.05) is 12.1 Å². The van der Waals surface area contributed by atoms with Gasteiger partial charge in [-0.15, -0.1) is 0 Å². The van der Waals surface area contributed by atoms with E-state index in [1.54, 1.807) is 19.1 Å². The van der Waals surface area contributed by atoms with E-state index < -0.39 is 30.2 Å². The summed E-state index contributed by atoms with van der Waals surface area (Å²) in [5, 5.41) is 2.55. The molecule has 0 saturated carbocycles. The molecule has 0 saturated heterocycles. The molecule has 138 valence electrons. The zero-order chi connectivity index (χ0) is 19.3. The van der Waals surface area contributed by atoms with Crippen LogP contribution in [0.25, 0.3) is 0 Å². The molecule has 0 aliphatic rings. The van der Waals surface area contributed by atoms with Crippen LogP contribution in [0.15, 0.2) is 42.5 Å². The number of ether oxygens (including phenoxy) is 2. The van der Waals surface area contributed by atoms with Gasteiger partial charge in [0.1, 0.15) is 5.75 Å². The quantitative estimate of drug-likeness (QED) is 0.816. The lowest BCUT2D eigenvalue weighted by Gasteiger charge is -2.12. The molecule has 0 aliphatic heterocycles. The van der Waals surface area contributed by atoms with E-state index in [4.69, 9.17) is 4.74 Å². The van der Waals surface area contributed by atoms with E-state index >= 15 is 0 Å². The van der Waals surface area contributed by atoms with Crippen molar-refractivity contribution in [2.75, 3.05) is 19.0 Å². The van der Waals surface area contributed by atoms with Gasteiger partial charge in [0.2, 0.25) is 0 Å². The van der Waals surface area contributed by atoms with Gasteiger partial charge in [0, 0.05) is 5.69 Å². The minimum atomic E-state index is -4.49. The Balaban J connectivity index is 2.03. The predicted octanol–water partition coefficient (Wildman–Crippen LogP) is 3.82. The van der Waals surface area contributed by atoms with Gasteiger partial charge in [0.15, 0.2) is 6.61 Å². The lowest BCUT2D eigenvalue weighted by molar-refractivity contribution is -0.137. The van der Waals surface area contributed by atoms with E-state index in [2.05, 4.69) is 10.1 Å². The lowest BCUT2D eigenvalue weighted by atomic mass is 10.1. The maximum atomic E-state index is 12.7. The summed E-state index contributed by atoms with van der Waals surface area (Å²) in [6, 6.07) is 8.88. The standard InChI is InChI=1S/C18H16F3NO4/c1-11-6-7-12(17(24)25-2)8-15(11)22-16(23)10-26-14-5-3-4-13(9-14)18(19,20)21/h3-9H,10H2,1-2H3,(H,22,23). The Bertz CT molecular complexity index is 818. The van der Waals surface area contributed by atoms with Crippen LogP contribution >= 0.6 is 0 Å². The molecule has 0 aromatic heterocycles. The molecular formula is C18H16F3NO4. The highest BCUT2D eigenvalue weighted by molar-refractivity contribution is 5.95. The average molecular weight is 367 g/mol. The van der Waals surface area contributed by atoms with E-state index in [0.29, 0.717) is 11.3 Å². The summed E-state index contributed by atoms with van der Waals surface area (Å²) in [6.45, 7) is 1.24. The van der Waals surface area contributed by atoms with Crippen molar-refractivity contribution < 1.29 is 32.2 Å². The summed E-state index contributed by atoms with van der Waals surface area (Å²) in [5.74, 6) is -1.21. The fourth-order valence-electron chi connectivity index (χ4n) is 2.10. The van der Waals surface area contributed by atoms with Gasteiger partial charge >= 0.3 is 12.1 Å². The molecule has 26 heavy (non-hydrogen) atoms. The second-order valence-electron chi connectivity index (χ2n) is 5.38. The Kier molecular flexibility index (Phi) is 5.86. The van der Waals surface area contributed by atoms with Crippen LogP contribution in [0.5, 0.6) is 5.75 Å². The second-order valence-corrected chi connectivity index (χ2v) is 5.38. The SMILES string of the molecule is COC(=O)c1ccc(C)c(NC(=O)COc2cccc(C(F)(F)F)c2)c1. The first-order chi connectivity index (χ1) is 12.2. The molecular weight excluding hydrogens is 351 g/mol. The molecule has 2 aromatic rings. The lowest BCUT2D eigenvalue weighted by Crippen LogP contribution is -2.21. The predicted molar refractivity (Wildman–Crippen MR) is 88.1 cm³/mol. The number of carbonyl (C=O) groups excluding carboxylic acids is 2. The zero-order valence-electron chi connectivity index (χ0n) is 14.0. The van der Waals surface area contributed by atoms with Crippen LogP contribution in [0.2, 0.25) is 0 Å². The molecule has 0 spiro atoms. The summed E-state index contributed by atoms with van der Waals surface area (Å²) in [5.41, 5.74) is 0.472. The van der Waals surface area contributed by atoms with Gasteiger partial charge in [-0.25, -0.2) is 4.79 Å². The van der Waals surface area contributed by atoms with Gasteiger partial charge in [-0.3, -0.25) is 4.79 Å². The third kappa shape index (κ3) is 4.98. The molecule has 0 bridgehead atoms. The molecule has 0 radical (unpaired) electrons. The van der Waals surface area contributed by atoms with Gasteiger partial charge in [0.25, 0.3) is 5.91 Å². The van der Waals surface area contributed by atoms with E-state index in [1.165, 1.54) is 25.3 Å². The second kappa shape index (κ2) is 7.90. The number of hydrogen-bond donors (Lipinski definition) is 1. The Hall–Kier alpha value is -3.03. The third-order valence-electron chi connectivity index (χ3n) is 3.46. The molecule has 2 aromatic carbocycles. The number of aryl methyl sites for hydroxylation is 1. The van der Waals surface area contributed by atoms with Crippen molar-refractivity contribution >= 4 is 17.6 Å². The van der Waals surface area contributed by atoms with Crippen LogP contribution in [0.4, 0.5) is 18.9 Å². The summed E-state index contributed by atoms with van der Waals surface area (Å²) >= 11 is 0. The third-order valence-corrected chi connectivity index (χ3v) is 3.46. The molecule has 1 N–H and O–H groups in total. The minimum Gasteiger partial charge on any atom is -0.484 e. The molecule has 0 unspecified atom stereocenters. The maximum absolute atomic E-state index is 12.7. The van der Waals surface area contributed by atoms with Gasteiger partial charge < -0.3 is 14.8 Å². The van der Waals surface area contributed by atoms with Gasteiger partial charge in [-0.05, 0) is 42.8 Å². The fraction of sp³-hybridized carbons (Fsp3) is 0.222. The smallest absolute Gasteiger partial charge is 0.416 e. The molecule has 5 nitrogen and oxygen atoms in total. The van der Waals surface area contributed by atoms with Gasteiger partial charge in [-0.2, -0.15) is 13.2 Å². The highest BCUT2D eigenvalue weighted by Gasteiger charge is 2.30. The Morgan fingerprint density at radius 1 is 1.12 bits per heavy atom. The number of alkyl halides is 3. The van der Waals surface area contributed by atoms with Crippen LogP contribution in [0, 0.1) is 6.92 Å². The van der Waals surface area contributed by atoms with Crippen molar-refractivity contribution in [3.63, 3.8) is 0 Å². The molecule has 0 fully saturated rings. The highest BCUT2D eigenvalue weighted by atomic mass is 19.4. The number of halogens is 3. The Morgan fingerprint density at radius 3 is 2.50 bits per heavy atom. The number of esters is 1. The maximum Gasteiger partial charge on any atom is 0.416 e. The van der Waals surface area contributed by atoms with Gasteiger partial charge in [0.05, 0.1) is 18.2 Å². The zero-order valence-corrected chi connectivity index (χ0v) is 14.0. The number of rotatable bonds is 5. The fourth-order valence-corrected chi connectivity index (χ4v) is 2.10. The van der Waals surface area contributed by atoms with Crippen molar-refractivity contribution in [3.8, 4) is 5.75 Å². The van der Waals surface area contributed by atoms with Crippen molar-refractivity contribution in [2.24, 2.45) is 0 Å². The van der Waals surface area contributed by atoms with Crippen molar-refractivity contribution in [3.05, 3.63) is 59.2 Å². The molecule has 1 amide bonds. The Morgan fingerprint density at radius 2 is 1.85 bits per heavy atom. The average Bonchev–Trinajstić information content (AvgIpc) is 2.60. The summed E-state index contributed by atoms with van der Waals surface area (Å²) in [4.78, 5) is 23.5. The molecule has 0 aliphatic carbocycles. The van der Waals surface area contributed by atoms with Crippen molar-refractivity contribution in [1.29, 1.82) is 0 Å².